The summed E-state index contributed by atoms with van der Waals surface area (Å²) in [4.78, 5) is 14.4. The van der Waals surface area contributed by atoms with E-state index in [0.717, 1.165) is 51.7 Å². The Bertz CT molecular complexity index is 545. The number of carbonyl (C=O) groups excluding carboxylic acids is 1. The lowest BCUT2D eigenvalue weighted by molar-refractivity contribution is -0.178. The van der Waals surface area contributed by atoms with Crippen molar-refractivity contribution in [3.8, 4) is 0 Å². The van der Waals surface area contributed by atoms with Crippen LogP contribution in [-0.4, -0.2) is 48.2 Å². The molecule has 1 N–H and O–H groups in total. The van der Waals surface area contributed by atoms with Gasteiger partial charge in [-0.1, -0.05) is 30.3 Å². The second-order valence-corrected chi connectivity index (χ2v) is 7.04. The van der Waals surface area contributed by atoms with Crippen molar-refractivity contribution in [1.82, 2.24) is 10.2 Å². The van der Waals surface area contributed by atoms with Gasteiger partial charge in [-0.05, 0) is 37.7 Å². The highest BCUT2D eigenvalue weighted by atomic mass is 16.5. The summed E-state index contributed by atoms with van der Waals surface area (Å²) in [6.07, 6.45) is 4.97. The molecule has 0 unspecified atom stereocenters. The number of hydrogen-bond acceptors (Lipinski definition) is 3. The van der Waals surface area contributed by atoms with E-state index in [9.17, 15) is 4.79 Å². The Kier molecular flexibility index (Phi) is 3.46. The van der Waals surface area contributed by atoms with Gasteiger partial charge in [0, 0.05) is 26.2 Å². The Labute approximate surface area is 131 Å². The van der Waals surface area contributed by atoms with Gasteiger partial charge in [-0.3, -0.25) is 4.79 Å². The van der Waals surface area contributed by atoms with Gasteiger partial charge in [0.15, 0.2) is 0 Å². The first-order chi connectivity index (χ1) is 10.7. The van der Waals surface area contributed by atoms with E-state index in [1.807, 2.05) is 0 Å². The Balaban J connectivity index is 1.30. The number of morpholine rings is 1. The van der Waals surface area contributed by atoms with Crippen molar-refractivity contribution in [3.63, 3.8) is 0 Å². The van der Waals surface area contributed by atoms with Crippen LogP contribution in [0.2, 0.25) is 0 Å². The molecule has 2 heterocycles. The first-order valence-electron chi connectivity index (χ1n) is 8.45. The Morgan fingerprint density at radius 2 is 1.82 bits per heavy atom. The van der Waals surface area contributed by atoms with Crippen molar-refractivity contribution in [1.29, 1.82) is 0 Å². The van der Waals surface area contributed by atoms with Crippen molar-refractivity contribution < 1.29 is 9.53 Å². The van der Waals surface area contributed by atoms with Crippen LogP contribution in [0.5, 0.6) is 0 Å². The standard InChI is InChI=1S/C18H24N2O2/c21-16-18(7-8-18)22-17(14-19-16)9-12-20(13-10-17)11-6-15-4-2-1-3-5-15/h1-5H,6-14H2,(H,19,21). The summed E-state index contributed by atoms with van der Waals surface area (Å²) in [6.45, 7) is 3.94. The molecule has 1 saturated carbocycles. The lowest BCUT2D eigenvalue weighted by atomic mass is 9.88. The second kappa shape index (κ2) is 5.36. The van der Waals surface area contributed by atoms with Gasteiger partial charge >= 0.3 is 0 Å². The Morgan fingerprint density at radius 1 is 1.09 bits per heavy atom. The van der Waals surface area contributed by atoms with Gasteiger partial charge < -0.3 is 15.0 Å². The molecule has 2 aliphatic heterocycles. The van der Waals surface area contributed by atoms with Crippen LogP contribution >= 0.6 is 0 Å². The molecule has 1 amide bonds. The van der Waals surface area contributed by atoms with E-state index in [2.05, 4.69) is 40.5 Å². The SMILES string of the molecule is O=C1NCC2(CCN(CCc3ccccc3)CC2)OC12CC2. The lowest BCUT2D eigenvalue weighted by Gasteiger charge is -2.46. The molecule has 0 aromatic heterocycles. The third-order valence-electron chi connectivity index (χ3n) is 5.43. The first kappa shape index (κ1) is 14.2. The largest absolute Gasteiger partial charge is 0.357 e. The number of carbonyl (C=O) groups is 1. The molecule has 22 heavy (non-hydrogen) atoms. The molecule has 2 saturated heterocycles. The minimum Gasteiger partial charge on any atom is -0.357 e. The number of likely N-dealkylation sites (tertiary alicyclic amines) is 1. The van der Waals surface area contributed by atoms with Crippen molar-refractivity contribution >= 4 is 5.91 Å². The Hall–Kier alpha value is -1.39. The van der Waals surface area contributed by atoms with E-state index in [-0.39, 0.29) is 11.5 Å². The number of nitrogens with zero attached hydrogens (tertiary/aromatic N) is 1. The highest BCUT2D eigenvalue weighted by Crippen LogP contribution is 2.47. The van der Waals surface area contributed by atoms with E-state index in [4.69, 9.17) is 4.74 Å². The predicted molar refractivity (Wildman–Crippen MR) is 84.6 cm³/mol. The monoisotopic (exact) mass is 300 g/mol. The van der Waals surface area contributed by atoms with Crippen LogP contribution in [0.25, 0.3) is 0 Å². The predicted octanol–water partition coefficient (Wildman–Crippen LogP) is 1.74. The summed E-state index contributed by atoms with van der Waals surface area (Å²) in [7, 11) is 0. The average Bonchev–Trinajstić information content (AvgIpc) is 3.32. The van der Waals surface area contributed by atoms with Crippen LogP contribution in [0.15, 0.2) is 30.3 Å². The van der Waals surface area contributed by atoms with E-state index < -0.39 is 5.60 Å². The number of amides is 1. The number of ether oxygens (including phenoxy) is 1. The number of rotatable bonds is 3. The second-order valence-electron chi connectivity index (χ2n) is 7.04. The average molecular weight is 300 g/mol. The number of nitrogens with one attached hydrogen (secondary N) is 1. The maximum absolute atomic E-state index is 11.9. The molecule has 118 valence electrons. The van der Waals surface area contributed by atoms with E-state index >= 15 is 0 Å². The van der Waals surface area contributed by atoms with Crippen LogP contribution < -0.4 is 5.32 Å². The summed E-state index contributed by atoms with van der Waals surface area (Å²) >= 11 is 0. The van der Waals surface area contributed by atoms with Gasteiger partial charge in [-0.25, -0.2) is 0 Å². The highest BCUT2D eigenvalue weighted by Gasteiger charge is 2.59. The van der Waals surface area contributed by atoms with E-state index in [1.165, 1.54) is 5.56 Å². The summed E-state index contributed by atoms with van der Waals surface area (Å²) in [5.41, 5.74) is 0.846. The smallest absolute Gasteiger partial charge is 0.252 e. The molecule has 1 aromatic carbocycles. The normalized spacial score (nSPS) is 26.1. The van der Waals surface area contributed by atoms with Crippen molar-refractivity contribution in [2.75, 3.05) is 26.2 Å². The number of hydrogen-bond donors (Lipinski definition) is 1. The zero-order valence-corrected chi connectivity index (χ0v) is 13.0. The molecule has 3 fully saturated rings. The molecule has 1 aliphatic carbocycles. The molecule has 4 nitrogen and oxygen atoms in total. The number of piperidine rings is 1. The maximum atomic E-state index is 11.9. The highest BCUT2D eigenvalue weighted by molar-refractivity contribution is 5.88. The minimum absolute atomic E-state index is 0.104. The van der Waals surface area contributed by atoms with Crippen molar-refractivity contribution in [2.24, 2.45) is 0 Å². The fraction of sp³-hybridized carbons (Fsp3) is 0.611. The van der Waals surface area contributed by atoms with E-state index in [1.54, 1.807) is 0 Å². The molecule has 2 spiro atoms. The van der Waals surface area contributed by atoms with Crippen molar-refractivity contribution in [3.05, 3.63) is 35.9 Å². The molecule has 0 bridgehead atoms. The minimum atomic E-state index is -0.454. The molecule has 0 atom stereocenters. The zero-order valence-electron chi connectivity index (χ0n) is 13.0. The molecule has 3 aliphatic rings. The molecule has 4 heteroatoms. The molecule has 1 aromatic rings. The third kappa shape index (κ3) is 2.66. The molecule has 4 rings (SSSR count). The van der Waals surface area contributed by atoms with Gasteiger partial charge in [0.1, 0.15) is 5.60 Å². The fourth-order valence-electron chi connectivity index (χ4n) is 3.74. The van der Waals surface area contributed by atoms with Crippen LogP contribution in [0.4, 0.5) is 0 Å². The molecular formula is C18H24N2O2. The fourth-order valence-corrected chi connectivity index (χ4v) is 3.74. The van der Waals surface area contributed by atoms with Gasteiger partial charge in [0.25, 0.3) is 5.91 Å². The molecular weight excluding hydrogens is 276 g/mol. The first-order valence-corrected chi connectivity index (χ1v) is 8.45. The van der Waals surface area contributed by atoms with Crippen molar-refractivity contribution in [2.45, 2.75) is 43.3 Å². The summed E-state index contributed by atoms with van der Waals surface area (Å²) < 4.78 is 6.30. The summed E-state index contributed by atoms with van der Waals surface area (Å²) in [5.74, 6) is 0.115. The zero-order chi connectivity index (χ0) is 15.0. The topological polar surface area (TPSA) is 41.6 Å². The Morgan fingerprint density at radius 3 is 2.50 bits per heavy atom. The van der Waals surface area contributed by atoms with Crippen LogP contribution in [0, 0.1) is 0 Å². The van der Waals surface area contributed by atoms with Gasteiger partial charge in [0.2, 0.25) is 0 Å². The van der Waals surface area contributed by atoms with E-state index in [0.29, 0.717) is 6.54 Å². The van der Waals surface area contributed by atoms with Gasteiger partial charge in [0.05, 0.1) is 5.60 Å². The maximum Gasteiger partial charge on any atom is 0.252 e. The van der Waals surface area contributed by atoms with Crippen LogP contribution in [0.1, 0.15) is 31.2 Å². The van der Waals surface area contributed by atoms with Crippen LogP contribution in [0.3, 0.4) is 0 Å². The summed E-state index contributed by atoms with van der Waals surface area (Å²) in [6, 6.07) is 10.7. The summed E-state index contributed by atoms with van der Waals surface area (Å²) in [5, 5.41) is 3.09. The van der Waals surface area contributed by atoms with Gasteiger partial charge in [-0.2, -0.15) is 0 Å². The third-order valence-corrected chi connectivity index (χ3v) is 5.43. The van der Waals surface area contributed by atoms with Crippen LogP contribution in [-0.2, 0) is 16.0 Å². The quantitative estimate of drug-likeness (QED) is 0.924. The molecule has 0 radical (unpaired) electrons. The number of benzene rings is 1. The van der Waals surface area contributed by atoms with Gasteiger partial charge in [-0.15, -0.1) is 0 Å². The lowest BCUT2D eigenvalue weighted by Crippen LogP contribution is -2.61.